The molecule has 0 aromatic heterocycles. The summed E-state index contributed by atoms with van der Waals surface area (Å²) in [5.41, 5.74) is 0.665. The molecule has 1 unspecified atom stereocenters. The Balaban J connectivity index is 2.70. The number of rotatable bonds is 6. The molecule has 0 fully saturated rings. The van der Waals surface area contributed by atoms with Gasteiger partial charge in [0.1, 0.15) is 0 Å². The molecular weight excluding hydrogens is 258 g/mol. The fraction of sp³-hybridized carbons (Fsp3) is 0.500. The van der Waals surface area contributed by atoms with Crippen molar-refractivity contribution in [2.45, 2.75) is 25.6 Å². The van der Waals surface area contributed by atoms with Gasteiger partial charge in [0.15, 0.2) is 9.84 Å². The van der Waals surface area contributed by atoms with Crippen molar-refractivity contribution in [2.24, 2.45) is 0 Å². The van der Waals surface area contributed by atoms with Crippen molar-refractivity contribution < 1.29 is 8.42 Å². The highest BCUT2D eigenvalue weighted by atomic mass is 35.5. The van der Waals surface area contributed by atoms with E-state index in [9.17, 15) is 8.42 Å². The van der Waals surface area contributed by atoms with Crippen LogP contribution in [-0.4, -0.2) is 26.8 Å². The van der Waals surface area contributed by atoms with Gasteiger partial charge >= 0.3 is 0 Å². The largest absolute Gasteiger partial charge is 0.314 e. The van der Waals surface area contributed by atoms with Crippen LogP contribution in [0.1, 0.15) is 19.4 Å². The van der Waals surface area contributed by atoms with Crippen LogP contribution in [0, 0.1) is 0 Å². The van der Waals surface area contributed by atoms with Gasteiger partial charge in [0.2, 0.25) is 0 Å². The second-order valence-corrected chi connectivity index (χ2v) is 6.62. The molecule has 1 N–H and O–H groups in total. The molecule has 0 radical (unpaired) electrons. The average molecular weight is 276 g/mol. The van der Waals surface area contributed by atoms with Crippen molar-refractivity contribution in [3.05, 3.63) is 34.9 Å². The summed E-state index contributed by atoms with van der Waals surface area (Å²) in [6.07, 6.45) is 0. The number of nitrogens with one attached hydrogen (secondary N) is 1. The SMILES string of the molecule is CCNC(C)CS(=O)(=O)Cc1ccccc1Cl. The van der Waals surface area contributed by atoms with Crippen molar-refractivity contribution in [3.63, 3.8) is 0 Å². The quantitative estimate of drug-likeness (QED) is 0.866. The molecule has 5 heteroatoms. The van der Waals surface area contributed by atoms with Crippen LogP contribution in [-0.2, 0) is 15.6 Å². The summed E-state index contributed by atoms with van der Waals surface area (Å²) < 4.78 is 23.9. The molecule has 0 aliphatic heterocycles. The van der Waals surface area contributed by atoms with E-state index in [4.69, 9.17) is 11.6 Å². The van der Waals surface area contributed by atoms with Crippen LogP contribution in [0.15, 0.2) is 24.3 Å². The molecule has 0 aliphatic carbocycles. The third-order valence-electron chi connectivity index (χ3n) is 2.39. The summed E-state index contributed by atoms with van der Waals surface area (Å²) in [6.45, 7) is 4.59. The van der Waals surface area contributed by atoms with Gasteiger partial charge in [-0.3, -0.25) is 0 Å². The Morgan fingerprint density at radius 1 is 1.35 bits per heavy atom. The van der Waals surface area contributed by atoms with Gasteiger partial charge in [0.25, 0.3) is 0 Å². The second kappa shape index (κ2) is 6.38. The smallest absolute Gasteiger partial charge is 0.156 e. The lowest BCUT2D eigenvalue weighted by molar-refractivity contribution is 0.565. The van der Waals surface area contributed by atoms with E-state index in [0.29, 0.717) is 10.6 Å². The van der Waals surface area contributed by atoms with Crippen molar-refractivity contribution in [3.8, 4) is 0 Å². The number of sulfone groups is 1. The average Bonchev–Trinajstić information content (AvgIpc) is 2.20. The highest BCUT2D eigenvalue weighted by molar-refractivity contribution is 7.90. The summed E-state index contributed by atoms with van der Waals surface area (Å²) in [6, 6.07) is 7.01. The fourth-order valence-electron chi connectivity index (χ4n) is 1.70. The summed E-state index contributed by atoms with van der Waals surface area (Å²) in [5, 5.41) is 3.60. The molecule has 0 saturated heterocycles. The lowest BCUT2D eigenvalue weighted by Gasteiger charge is -2.13. The van der Waals surface area contributed by atoms with Gasteiger partial charge in [-0.1, -0.05) is 36.7 Å². The van der Waals surface area contributed by atoms with Crippen LogP contribution in [0.4, 0.5) is 0 Å². The van der Waals surface area contributed by atoms with E-state index < -0.39 is 9.84 Å². The van der Waals surface area contributed by atoms with Crippen LogP contribution >= 0.6 is 11.6 Å². The van der Waals surface area contributed by atoms with E-state index in [2.05, 4.69) is 5.32 Å². The van der Waals surface area contributed by atoms with Crippen molar-refractivity contribution in [1.82, 2.24) is 5.32 Å². The molecule has 0 heterocycles. The lowest BCUT2D eigenvalue weighted by atomic mass is 10.2. The van der Waals surface area contributed by atoms with Gasteiger partial charge < -0.3 is 5.32 Å². The van der Waals surface area contributed by atoms with Crippen molar-refractivity contribution >= 4 is 21.4 Å². The maximum Gasteiger partial charge on any atom is 0.156 e. The van der Waals surface area contributed by atoms with Crippen LogP contribution in [0.25, 0.3) is 0 Å². The normalized spacial score (nSPS) is 13.6. The third-order valence-corrected chi connectivity index (χ3v) is 4.52. The highest BCUT2D eigenvalue weighted by Gasteiger charge is 2.17. The van der Waals surface area contributed by atoms with Crippen LogP contribution < -0.4 is 5.32 Å². The summed E-state index contributed by atoms with van der Waals surface area (Å²) >= 11 is 5.95. The zero-order valence-corrected chi connectivity index (χ0v) is 11.7. The third kappa shape index (κ3) is 5.06. The topological polar surface area (TPSA) is 46.2 Å². The Bertz CT molecular complexity index is 459. The Kier molecular flexibility index (Phi) is 5.43. The molecule has 3 nitrogen and oxygen atoms in total. The van der Waals surface area contributed by atoms with Crippen LogP contribution in [0.3, 0.4) is 0 Å². The first-order valence-electron chi connectivity index (χ1n) is 5.62. The minimum atomic E-state index is -3.13. The van der Waals surface area contributed by atoms with E-state index in [-0.39, 0.29) is 17.5 Å². The molecule has 17 heavy (non-hydrogen) atoms. The Morgan fingerprint density at radius 3 is 2.59 bits per heavy atom. The molecule has 0 amide bonds. The maximum atomic E-state index is 11.9. The molecule has 0 bridgehead atoms. The summed E-state index contributed by atoms with van der Waals surface area (Å²) in [5.74, 6) is 0.133. The predicted octanol–water partition coefficient (Wildman–Crippen LogP) is 2.25. The predicted molar refractivity (Wildman–Crippen MR) is 72.1 cm³/mol. The first-order valence-corrected chi connectivity index (χ1v) is 7.81. The van der Waals surface area contributed by atoms with E-state index in [1.807, 2.05) is 13.8 Å². The van der Waals surface area contributed by atoms with Crippen molar-refractivity contribution in [2.75, 3.05) is 12.3 Å². The molecule has 0 aliphatic rings. The van der Waals surface area contributed by atoms with Crippen molar-refractivity contribution in [1.29, 1.82) is 0 Å². The van der Waals surface area contributed by atoms with Crippen LogP contribution in [0.2, 0.25) is 5.02 Å². The minimum Gasteiger partial charge on any atom is -0.314 e. The highest BCUT2D eigenvalue weighted by Crippen LogP contribution is 2.18. The summed E-state index contributed by atoms with van der Waals surface area (Å²) in [7, 11) is -3.13. The Morgan fingerprint density at radius 2 is 2.00 bits per heavy atom. The molecule has 0 saturated carbocycles. The number of benzene rings is 1. The van der Waals surface area contributed by atoms with Gasteiger partial charge in [-0.2, -0.15) is 0 Å². The van der Waals surface area contributed by atoms with Gasteiger partial charge in [0.05, 0.1) is 11.5 Å². The molecule has 96 valence electrons. The number of halogens is 1. The molecule has 0 spiro atoms. The van der Waals surface area contributed by atoms with E-state index in [1.165, 1.54) is 0 Å². The fourth-order valence-corrected chi connectivity index (χ4v) is 3.70. The molecular formula is C12H18ClNO2S. The standard InChI is InChI=1S/C12H18ClNO2S/c1-3-14-10(2)8-17(15,16)9-11-6-4-5-7-12(11)13/h4-7,10,14H,3,8-9H2,1-2H3. The first-order chi connectivity index (χ1) is 7.94. The number of hydrogen-bond acceptors (Lipinski definition) is 3. The first kappa shape index (κ1) is 14.5. The molecule has 1 aromatic carbocycles. The molecule has 1 aromatic rings. The molecule has 1 atom stereocenters. The van der Waals surface area contributed by atoms with E-state index in [1.54, 1.807) is 24.3 Å². The molecule has 1 rings (SSSR count). The number of hydrogen-bond donors (Lipinski definition) is 1. The minimum absolute atomic E-state index is 0.00239. The van der Waals surface area contributed by atoms with E-state index in [0.717, 1.165) is 6.54 Å². The maximum absolute atomic E-state index is 11.9. The zero-order chi connectivity index (χ0) is 12.9. The zero-order valence-electron chi connectivity index (χ0n) is 10.1. The van der Waals surface area contributed by atoms with Gasteiger partial charge in [-0.05, 0) is 25.1 Å². The van der Waals surface area contributed by atoms with Gasteiger partial charge in [-0.15, -0.1) is 0 Å². The van der Waals surface area contributed by atoms with Gasteiger partial charge in [-0.25, -0.2) is 8.42 Å². The van der Waals surface area contributed by atoms with E-state index >= 15 is 0 Å². The lowest BCUT2D eigenvalue weighted by Crippen LogP contribution is -2.33. The second-order valence-electron chi connectivity index (χ2n) is 4.10. The van der Waals surface area contributed by atoms with Gasteiger partial charge in [0, 0.05) is 11.1 Å². The van der Waals surface area contributed by atoms with Crippen LogP contribution in [0.5, 0.6) is 0 Å². The Labute approximate surface area is 108 Å². The summed E-state index contributed by atoms with van der Waals surface area (Å²) in [4.78, 5) is 0. The Hall–Kier alpha value is -0.580. The monoisotopic (exact) mass is 275 g/mol.